The summed E-state index contributed by atoms with van der Waals surface area (Å²) in [5.74, 6) is -0.0831. The van der Waals surface area contributed by atoms with Crippen LogP contribution >= 0.6 is 0 Å². The first-order chi connectivity index (χ1) is 7.01. The molecule has 0 radical (unpaired) electrons. The van der Waals surface area contributed by atoms with E-state index in [2.05, 4.69) is 0 Å². The van der Waals surface area contributed by atoms with E-state index in [9.17, 15) is 4.79 Å². The molecule has 0 saturated heterocycles. The lowest BCUT2D eigenvalue weighted by Gasteiger charge is -2.21. The van der Waals surface area contributed by atoms with Crippen LogP contribution in [0.5, 0.6) is 0 Å². The van der Waals surface area contributed by atoms with E-state index in [0.717, 1.165) is 5.56 Å². The van der Waals surface area contributed by atoms with Gasteiger partial charge in [0.25, 0.3) is 0 Å². The van der Waals surface area contributed by atoms with Crippen molar-refractivity contribution in [3.8, 4) is 0 Å². The van der Waals surface area contributed by atoms with Gasteiger partial charge in [-0.2, -0.15) is 0 Å². The van der Waals surface area contributed by atoms with Crippen molar-refractivity contribution in [1.82, 2.24) is 0 Å². The molecule has 0 fully saturated rings. The maximum absolute atomic E-state index is 12.0. The molecular formula is C12H16O3. The van der Waals surface area contributed by atoms with Crippen LogP contribution in [-0.2, 0) is 11.3 Å². The maximum atomic E-state index is 12.0. The fraction of sp³-hybridized carbons (Fsp3) is 0.417. The van der Waals surface area contributed by atoms with Crippen LogP contribution in [0, 0.1) is 0 Å². The summed E-state index contributed by atoms with van der Waals surface area (Å²) >= 11 is 0. The molecule has 0 bridgehead atoms. The molecule has 82 valence electrons. The fourth-order valence-corrected chi connectivity index (χ4v) is 1.25. The molecular weight excluding hydrogens is 192 g/mol. The molecule has 0 heterocycles. The van der Waals surface area contributed by atoms with E-state index < -0.39 is 5.60 Å². The third-order valence-corrected chi connectivity index (χ3v) is 2.43. The molecule has 0 unspecified atom stereocenters. The Balaban J connectivity index is 3.01. The predicted molar refractivity (Wildman–Crippen MR) is 57.8 cm³/mol. The average molecular weight is 208 g/mol. The number of carbonyl (C=O) groups is 1. The van der Waals surface area contributed by atoms with Gasteiger partial charge in [0.05, 0.1) is 6.61 Å². The molecule has 1 rings (SSSR count). The molecule has 0 atom stereocenters. The van der Waals surface area contributed by atoms with Crippen LogP contribution in [0.15, 0.2) is 24.3 Å². The SMILES string of the molecule is COC(C)(C)C(=O)c1cccc(CO)c1. The smallest absolute Gasteiger partial charge is 0.194 e. The van der Waals surface area contributed by atoms with Gasteiger partial charge in [-0.1, -0.05) is 18.2 Å². The molecule has 0 aliphatic heterocycles. The Morgan fingerprint density at radius 1 is 1.47 bits per heavy atom. The minimum Gasteiger partial charge on any atom is -0.392 e. The van der Waals surface area contributed by atoms with Crippen molar-refractivity contribution in [3.05, 3.63) is 35.4 Å². The van der Waals surface area contributed by atoms with Crippen molar-refractivity contribution in [3.63, 3.8) is 0 Å². The number of aliphatic hydroxyl groups excluding tert-OH is 1. The van der Waals surface area contributed by atoms with Crippen molar-refractivity contribution in [2.75, 3.05) is 7.11 Å². The Labute approximate surface area is 89.7 Å². The van der Waals surface area contributed by atoms with Crippen LogP contribution in [0.3, 0.4) is 0 Å². The standard InChI is InChI=1S/C12H16O3/c1-12(2,15-3)11(14)10-6-4-5-9(7-10)8-13/h4-7,13H,8H2,1-3H3. The van der Waals surface area contributed by atoms with Gasteiger partial charge in [0.2, 0.25) is 0 Å². The van der Waals surface area contributed by atoms with Gasteiger partial charge in [-0.25, -0.2) is 0 Å². The number of ketones is 1. The summed E-state index contributed by atoms with van der Waals surface area (Å²) in [6.45, 7) is 3.39. The monoisotopic (exact) mass is 208 g/mol. The second kappa shape index (κ2) is 4.55. The van der Waals surface area contributed by atoms with Gasteiger partial charge in [0.1, 0.15) is 5.60 Å². The van der Waals surface area contributed by atoms with Crippen LogP contribution in [0.1, 0.15) is 29.8 Å². The molecule has 3 nitrogen and oxygen atoms in total. The van der Waals surface area contributed by atoms with Crippen LogP contribution in [0.25, 0.3) is 0 Å². The molecule has 15 heavy (non-hydrogen) atoms. The van der Waals surface area contributed by atoms with E-state index in [1.54, 1.807) is 38.1 Å². The number of ether oxygens (including phenoxy) is 1. The molecule has 0 aliphatic carbocycles. The molecule has 0 amide bonds. The summed E-state index contributed by atoms with van der Waals surface area (Å²) in [5, 5.41) is 8.96. The first-order valence-corrected chi connectivity index (χ1v) is 4.81. The van der Waals surface area contributed by atoms with Crippen molar-refractivity contribution in [1.29, 1.82) is 0 Å². The minimum absolute atomic E-state index is 0.0610. The summed E-state index contributed by atoms with van der Waals surface area (Å²) in [6.07, 6.45) is 0. The molecule has 1 aromatic rings. The molecule has 0 spiro atoms. The summed E-state index contributed by atoms with van der Waals surface area (Å²) < 4.78 is 5.12. The Hall–Kier alpha value is -1.19. The lowest BCUT2D eigenvalue weighted by molar-refractivity contribution is 0.0228. The van der Waals surface area contributed by atoms with Gasteiger partial charge in [0, 0.05) is 12.7 Å². The topological polar surface area (TPSA) is 46.5 Å². The summed E-state index contributed by atoms with van der Waals surface area (Å²) in [4.78, 5) is 12.0. The highest BCUT2D eigenvalue weighted by Crippen LogP contribution is 2.17. The first-order valence-electron chi connectivity index (χ1n) is 4.81. The fourth-order valence-electron chi connectivity index (χ4n) is 1.25. The molecule has 3 heteroatoms. The highest BCUT2D eigenvalue weighted by Gasteiger charge is 2.27. The third kappa shape index (κ3) is 2.64. The Kier molecular flexibility index (Phi) is 3.61. The highest BCUT2D eigenvalue weighted by molar-refractivity contribution is 6.02. The first kappa shape index (κ1) is 11.9. The van der Waals surface area contributed by atoms with E-state index >= 15 is 0 Å². The third-order valence-electron chi connectivity index (χ3n) is 2.43. The van der Waals surface area contributed by atoms with Crippen LogP contribution < -0.4 is 0 Å². The number of rotatable bonds is 4. The quantitative estimate of drug-likeness (QED) is 0.767. The van der Waals surface area contributed by atoms with Gasteiger partial charge in [-0.3, -0.25) is 4.79 Å². The van der Waals surface area contributed by atoms with Gasteiger partial charge < -0.3 is 9.84 Å². The normalized spacial score (nSPS) is 11.5. The van der Waals surface area contributed by atoms with E-state index in [1.807, 2.05) is 0 Å². The average Bonchev–Trinajstić information content (AvgIpc) is 2.28. The second-order valence-electron chi connectivity index (χ2n) is 3.90. The van der Waals surface area contributed by atoms with Crippen LogP contribution in [0.2, 0.25) is 0 Å². The number of aliphatic hydroxyl groups is 1. The van der Waals surface area contributed by atoms with Crippen LogP contribution in [-0.4, -0.2) is 23.6 Å². The molecule has 0 saturated carbocycles. The van der Waals surface area contributed by atoms with E-state index in [1.165, 1.54) is 7.11 Å². The van der Waals surface area contributed by atoms with Crippen LogP contribution in [0.4, 0.5) is 0 Å². The molecule has 0 aliphatic rings. The zero-order valence-electron chi connectivity index (χ0n) is 9.28. The number of methoxy groups -OCH3 is 1. The van der Waals surface area contributed by atoms with E-state index in [-0.39, 0.29) is 12.4 Å². The largest absolute Gasteiger partial charge is 0.392 e. The lowest BCUT2D eigenvalue weighted by Crippen LogP contribution is -2.33. The molecule has 1 aromatic carbocycles. The number of benzene rings is 1. The van der Waals surface area contributed by atoms with Gasteiger partial charge in [-0.15, -0.1) is 0 Å². The number of hydrogen-bond acceptors (Lipinski definition) is 3. The predicted octanol–water partition coefficient (Wildman–Crippen LogP) is 1.79. The van der Waals surface area contributed by atoms with Crippen molar-refractivity contribution in [2.45, 2.75) is 26.1 Å². The molecule has 1 N–H and O–H groups in total. The van der Waals surface area contributed by atoms with E-state index in [0.29, 0.717) is 5.56 Å². The minimum atomic E-state index is -0.825. The van der Waals surface area contributed by atoms with Gasteiger partial charge in [-0.05, 0) is 25.5 Å². The van der Waals surface area contributed by atoms with E-state index in [4.69, 9.17) is 9.84 Å². The van der Waals surface area contributed by atoms with Gasteiger partial charge in [0.15, 0.2) is 5.78 Å². The van der Waals surface area contributed by atoms with Crippen molar-refractivity contribution >= 4 is 5.78 Å². The van der Waals surface area contributed by atoms with Gasteiger partial charge >= 0.3 is 0 Å². The summed E-state index contributed by atoms with van der Waals surface area (Å²) in [7, 11) is 1.51. The zero-order valence-corrected chi connectivity index (χ0v) is 9.28. The number of carbonyl (C=O) groups excluding carboxylic acids is 1. The Morgan fingerprint density at radius 3 is 2.67 bits per heavy atom. The van der Waals surface area contributed by atoms with Crippen molar-refractivity contribution in [2.24, 2.45) is 0 Å². The number of Topliss-reactive ketones (excluding diaryl/α,β-unsaturated/α-hetero) is 1. The summed E-state index contributed by atoms with van der Waals surface area (Å²) in [6, 6.07) is 6.94. The Morgan fingerprint density at radius 2 is 2.13 bits per heavy atom. The second-order valence-corrected chi connectivity index (χ2v) is 3.90. The highest BCUT2D eigenvalue weighted by atomic mass is 16.5. The zero-order chi connectivity index (χ0) is 11.5. The summed E-state index contributed by atoms with van der Waals surface area (Å²) in [5.41, 5.74) is 0.467. The molecule has 0 aromatic heterocycles. The maximum Gasteiger partial charge on any atom is 0.194 e. The van der Waals surface area contributed by atoms with Crippen molar-refractivity contribution < 1.29 is 14.6 Å². The lowest BCUT2D eigenvalue weighted by atomic mass is 9.95. The Bertz CT molecular complexity index is 356. The number of hydrogen-bond donors (Lipinski definition) is 1.